The number of aromatic nitrogens is 1. The number of hydrogen-bond acceptors (Lipinski definition) is 5. The molecule has 7 nitrogen and oxygen atoms in total. The lowest BCUT2D eigenvalue weighted by molar-refractivity contribution is 0.0661. The van der Waals surface area contributed by atoms with Crippen LogP contribution in [0.5, 0.6) is 0 Å². The summed E-state index contributed by atoms with van der Waals surface area (Å²) in [5.41, 5.74) is 2.27. The van der Waals surface area contributed by atoms with E-state index in [0.717, 1.165) is 29.5 Å². The third-order valence-electron chi connectivity index (χ3n) is 5.19. The Balaban J connectivity index is 1.34. The molecule has 1 saturated heterocycles. The van der Waals surface area contributed by atoms with Gasteiger partial charge >= 0.3 is 6.03 Å². The molecule has 0 bridgehead atoms. The summed E-state index contributed by atoms with van der Waals surface area (Å²) in [5.74, 6) is 0. The molecule has 28 heavy (non-hydrogen) atoms. The second-order valence-corrected chi connectivity index (χ2v) is 9.23. The Labute approximate surface area is 164 Å². The van der Waals surface area contributed by atoms with Crippen molar-refractivity contribution in [2.45, 2.75) is 49.2 Å². The van der Waals surface area contributed by atoms with Gasteiger partial charge in [0.1, 0.15) is 0 Å². The molecular formula is C20H23N3O4S. The van der Waals surface area contributed by atoms with Gasteiger partial charge in [-0.1, -0.05) is 12.1 Å². The van der Waals surface area contributed by atoms with Gasteiger partial charge in [-0.2, -0.15) is 0 Å². The number of fused-ring (bicyclic) bond motifs is 1. The molecular weight excluding hydrogens is 378 g/mol. The standard InChI is InChI=1S/C20H23N3O4S/c24-20(23-13-16-8-9-21-12-17(16)14-23)22-11-15-4-6-18(7-5-15)28(25,26)19-3-1-2-10-27-19/h4-9,12,19H,1-3,10-11,13-14H2,(H,22,24). The van der Waals surface area contributed by atoms with Crippen LogP contribution in [0.1, 0.15) is 36.0 Å². The molecule has 1 atom stereocenters. The van der Waals surface area contributed by atoms with E-state index in [1.54, 1.807) is 41.6 Å². The van der Waals surface area contributed by atoms with Crippen molar-refractivity contribution < 1.29 is 17.9 Å². The van der Waals surface area contributed by atoms with Gasteiger partial charge in [-0.05, 0) is 54.2 Å². The predicted octanol–water partition coefficient (Wildman–Crippen LogP) is 2.61. The van der Waals surface area contributed by atoms with E-state index in [1.807, 2.05) is 6.07 Å². The molecule has 0 spiro atoms. The van der Waals surface area contributed by atoms with Crippen LogP contribution in [-0.2, 0) is 34.2 Å². The number of carbonyl (C=O) groups is 1. The van der Waals surface area contributed by atoms with Crippen LogP contribution in [0.3, 0.4) is 0 Å². The molecule has 2 amide bonds. The second-order valence-electron chi connectivity index (χ2n) is 7.14. The number of urea groups is 1. The van der Waals surface area contributed by atoms with Crippen molar-refractivity contribution >= 4 is 15.9 Å². The Hall–Kier alpha value is -2.45. The highest BCUT2D eigenvalue weighted by atomic mass is 32.2. The SMILES string of the molecule is O=C(NCc1ccc(S(=O)(=O)C2CCCCO2)cc1)N1Cc2ccncc2C1. The van der Waals surface area contributed by atoms with Gasteiger partial charge in [0.2, 0.25) is 9.84 Å². The van der Waals surface area contributed by atoms with E-state index in [4.69, 9.17) is 4.74 Å². The zero-order valence-electron chi connectivity index (χ0n) is 15.5. The fraction of sp³-hybridized carbons (Fsp3) is 0.400. The first-order chi connectivity index (χ1) is 13.5. The molecule has 0 aliphatic carbocycles. The van der Waals surface area contributed by atoms with Crippen LogP contribution < -0.4 is 5.32 Å². The number of hydrogen-bond donors (Lipinski definition) is 1. The fourth-order valence-corrected chi connectivity index (χ4v) is 5.13. The third kappa shape index (κ3) is 3.88. The average molecular weight is 401 g/mol. The average Bonchev–Trinajstić information content (AvgIpc) is 3.17. The van der Waals surface area contributed by atoms with Crippen molar-refractivity contribution in [3.8, 4) is 0 Å². The first-order valence-corrected chi connectivity index (χ1v) is 11.0. The molecule has 1 aromatic carbocycles. The molecule has 0 radical (unpaired) electrons. The van der Waals surface area contributed by atoms with Crippen LogP contribution in [0.2, 0.25) is 0 Å². The minimum atomic E-state index is -3.48. The number of pyridine rings is 1. The molecule has 148 valence electrons. The molecule has 4 rings (SSSR count). The predicted molar refractivity (Wildman–Crippen MR) is 103 cm³/mol. The van der Waals surface area contributed by atoms with Crippen molar-refractivity contribution in [3.05, 3.63) is 59.4 Å². The Morgan fingerprint density at radius 2 is 1.93 bits per heavy atom. The second kappa shape index (κ2) is 7.89. The minimum Gasteiger partial charge on any atom is -0.362 e. The van der Waals surface area contributed by atoms with Crippen LogP contribution in [-0.4, -0.2) is 36.4 Å². The van der Waals surface area contributed by atoms with Crippen molar-refractivity contribution in [1.82, 2.24) is 15.2 Å². The van der Waals surface area contributed by atoms with Gasteiger partial charge in [0, 0.05) is 38.6 Å². The highest BCUT2D eigenvalue weighted by Gasteiger charge is 2.30. The molecule has 2 aliphatic rings. The van der Waals surface area contributed by atoms with E-state index in [1.165, 1.54) is 0 Å². The number of benzene rings is 1. The minimum absolute atomic E-state index is 0.150. The Morgan fingerprint density at radius 1 is 1.14 bits per heavy atom. The van der Waals surface area contributed by atoms with E-state index in [2.05, 4.69) is 10.3 Å². The maximum atomic E-state index is 12.6. The van der Waals surface area contributed by atoms with E-state index in [-0.39, 0.29) is 10.9 Å². The number of nitrogens with one attached hydrogen (secondary N) is 1. The Bertz CT molecular complexity index is 929. The molecule has 1 unspecified atom stereocenters. The maximum Gasteiger partial charge on any atom is 0.318 e. The molecule has 0 saturated carbocycles. The van der Waals surface area contributed by atoms with Gasteiger partial charge < -0.3 is 15.0 Å². The van der Waals surface area contributed by atoms with Crippen LogP contribution in [0.25, 0.3) is 0 Å². The topological polar surface area (TPSA) is 88.6 Å². The maximum absolute atomic E-state index is 12.6. The van der Waals surface area contributed by atoms with Gasteiger partial charge in [0.25, 0.3) is 0 Å². The number of ether oxygens (including phenoxy) is 1. The number of amides is 2. The molecule has 1 aromatic heterocycles. The fourth-order valence-electron chi connectivity index (χ4n) is 3.56. The first-order valence-electron chi connectivity index (χ1n) is 9.43. The van der Waals surface area contributed by atoms with Gasteiger partial charge in [-0.25, -0.2) is 13.2 Å². The third-order valence-corrected chi connectivity index (χ3v) is 7.19. The zero-order chi connectivity index (χ0) is 19.6. The summed E-state index contributed by atoms with van der Waals surface area (Å²) >= 11 is 0. The van der Waals surface area contributed by atoms with Crippen LogP contribution >= 0.6 is 0 Å². The molecule has 1 N–H and O–H groups in total. The van der Waals surface area contributed by atoms with E-state index in [0.29, 0.717) is 32.7 Å². The highest BCUT2D eigenvalue weighted by Crippen LogP contribution is 2.25. The lowest BCUT2D eigenvalue weighted by Crippen LogP contribution is -2.36. The van der Waals surface area contributed by atoms with Gasteiger partial charge in [-0.3, -0.25) is 4.98 Å². The summed E-state index contributed by atoms with van der Waals surface area (Å²) in [7, 11) is -3.48. The largest absolute Gasteiger partial charge is 0.362 e. The quantitative estimate of drug-likeness (QED) is 0.851. The van der Waals surface area contributed by atoms with Crippen molar-refractivity contribution in [3.63, 3.8) is 0 Å². The van der Waals surface area contributed by atoms with Crippen LogP contribution in [0.15, 0.2) is 47.6 Å². The summed E-state index contributed by atoms with van der Waals surface area (Å²) in [6, 6.07) is 8.43. The van der Waals surface area contributed by atoms with E-state index < -0.39 is 15.3 Å². The lowest BCUT2D eigenvalue weighted by Gasteiger charge is -2.22. The van der Waals surface area contributed by atoms with Crippen LogP contribution in [0, 0.1) is 0 Å². The molecule has 1 fully saturated rings. The van der Waals surface area contributed by atoms with E-state index in [9.17, 15) is 13.2 Å². The smallest absolute Gasteiger partial charge is 0.318 e. The summed E-state index contributed by atoms with van der Waals surface area (Å²) in [4.78, 5) is 18.5. The van der Waals surface area contributed by atoms with Gasteiger partial charge in [0.15, 0.2) is 5.44 Å². The van der Waals surface area contributed by atoms with Crippen LogP contribution in [0.4, 0.5) is 4.79 Å². The van der Waals surface area contributed by atoms with Crippen molar-refractivity contribution in [2.75, 3.05) is 6.61 Å². The number of carbonyl (C=O) groups excluding carboxylic acids is 1. The molecule has 3 heterocycles. The number of sulfone groups is 1. The summed E-state index contributed by atoms with van der Waals surface area (Å²) in [6.07, 6.45) is 5.83. The zero-order valence-corrected chi connectivity index (χ0v) is 16.3. The lowest BCUT2D eigenvalue weighted by atomic mass is 10.2. The summed E-state index contributed by atoms with van der Waals surface area (Å²) in [6.45, 7) is 1.95. The monoisotopic (exact) mass is 401 g/mol. The molecule has 2 aromatic rings. The number of rotatable bonds is 4. The van der Waals surface area contributed by atoms with Gasteiger partial charge in [-0.15, -0.1) is 0 Å². The first kappa shape index (κ1) is 18.9. The normalized spacial score (nSPS) is 19.3. The molecule has 8 heteroatoms. The summed E-state index contributed by atoms with van der Waals surface area (Å²) in [5, 5.41) is 2.89. The number of nitrogens with zero attached hydrogens (tertiary/aromatic N) is 2. The van der Waals surface area contributed by atoms with Crippen molar-refractivity contribution in [1.29, 1.82) is 0 Å². The summed E-state index contributed by atoms with van der Waals surface area (Å²) < 4.78 is 30.7. The Kier molecular flexibility index (Phi) is 5.32. The van der Waals surface area contributed by atoms with E-state index >= 15 is 0 Å². The highest BCUT2D eigenvalue weighted by molar-refractivity contribution is 7.91. The van der Waals surface area contributed by atoms with Gasteiger partial charge in [0.05, 0.1) is 4.90 Å². The Morgan fingerprint density at radius 3 is 2.64 bits per heavy atom. The molecule has 2 aliphatic heterocycles. The van der Waals surface area contributed by atoms with Crippen molar-refractivity contribution in [2.24, 2.45) is 0 Å².